The van der Waals surface area contributed by atoms with Crippen LogP contribution >= 0.6 is 11.3 Å². The van der Waals surface area contributed by atoms with Crippen molar-refractivity contribution in [2.75, 3.05) is 19.8 Å². The number of hydrogen-bond acceptors (Lipinski definition) is 5. The molecule has 6 nitrogen and oxygen atoms in total. The highest BCUT2D eigenvalue weighted by atomic mass is 32.1. The van der Waals surface area contributed by atoms with Crippen LogP contribution in [0.25, 0.3) is 21.5 Å². The molecule has 1 N–H and O–H groups in total. The van der Waals surface area contributed by atoms with Gasteiger partial charge in [0.15, 0.2) is 0 Å². The monoisotopic (exact) mass is 355 g/mol. The smallest absolute Gasteiger partial charge is 0.264 e. The molecule has 25 heavy (non-hydrogen) atoms. The lowest BCUT2D eigenvalue weighted by molar-refractivity contribution is 0.00387. The van der Waals surface area contributed by atoms with E-state index in [0.717, 1.165) is 21.5 Å². The summed E-state index contributed by atoms with van der Waals surface area (Å²) >= 11 is 1.40. The minimum Gasteiger partial charge on any atom is -0.377 e. The number of H-pyrrole nitrogens is 1. The first-order valence-corrected chi connectivity index (χ1v) is 8.92. The third-order valence-corrected chi connectivity index (χ3v) is 5.33. The molecular formula is C18H17N3O3S. The molecule has 4 rings (SSSR count). The number of aromatic nitrogens is 2. The number of pyridine rings is 2. The lowest BCUT2D eigenvalue weighted by Crippen LogP contribution is -2.46. The van der Waals surface area contributed by atoms with Gasteiger partial charge in [0.05, 0.1) is 29.8 Å². The van der Waals surface area contributed by atoms with Gasteiger partial charge in [-0.3, -0.25) is 9.59 Å². The van der Waals surface area contributed by atoms with Gasteiger partial charge in [0.1, 0.15) is 4.83 Å². The molecule has 0 aliphatic carbocycles. The van der Waals surface area contributed by atoms with E-state index in [1.165, 1.54) is 17.4 Å². The van der Waals surface area contributed by atoms with E-state index in [1.807, 2.05) is 30.0 Å². The quantitative estimate of drug-likeness (QED) is 0.766. The fourth-order valence-corrected chi connectivity index (χ4v) is 3.91. The number of ether oxygens (including phenoxy) is 1. The van der Waals surface area contributed by atoms with Gasteiger partial charge >= 0.3 is 0 Å². The summed E-state index contributed by atoms with van der Waals surface area (Å²) in [6, 6.07) is 9.05. The second-order valence-corrected chi connectivity index (χ2v) is 7.10. The average Bonchev–Trinajstić information content (AvgIpc) is 3.05. The molecule has 3 aromatic heterocycles. The van der Waals surface area contributed by atoms with Crippen molar-refractivity contribution in [1.82, 2.24) is 14.9 Å². The highest BCUT2D eigenvalue weighted by Gasteiger charge is 2.26. The van der Waals surface area contributed by atoms with E-state index in [0.29, 0.717) is 24.6 Å². The van der Waals surface area contributed by atoms with Crippen LogP contribution in [0.15, 0.2) is 41.3 Å². The Morgan fingerprint density at radius 2 is 2.24 bits per heavy atom. The van der Waals surface area contributed by atoms with Crippen molar-refractivity contribution in [1.29, 1.82) is 0 Å². The second-order valence-electron chi connectivity index (χ2n) is 6.07. The van der Waals surface area contributed by atoms with Crippen molar-refractivity contribution in [2.45, 2.75) is 13.0 Å². The molecule has 4 heterocycles. The van der Waals surface area contributed by atoms with Crippen LogP contribution in [0.4, 0.5) is 0 Å². The van der Waals surface area contributed by atoms with E-state index >= 15 is 0 Å². The summed E-state index contributed by atoms with van der Waals surface area (Å²) < 4.78 is 5.40. The number of nitrogens with one attached hydrogen (secondary N) is 1. The molecule has 0 spiro atoms. The molecule has 1 aliphatic heterocycles. The predicted octanol–water partition coefficient (Wildman–Crippen LogP) is 2.51. The predicted molar refractivity (Wildman–Crippen MR) is 97.0 cm³/mol. The molecule has 0 saturated carbocycles. The normalized spacial score (nSPS) is 17.8. The second kappa shape index (κ2) is 6.42. The summed E-state index contributed by atoms with van der Waals surface area (Å²) in [7, 11) is 0. The van der Waals surface area contributed by atoms with Crippen LogP contribution in [-0.2, 0) is 4.74 Å². The number of carbonyl (C=O) groups is 1. The number of aromatic amines is 1. The number of thiophene rings is 1. The maximum absolute atomic E-state index is 12.8. The van der Waals surface area contributed by atoms with Gasteiger partial charge in [-0.05, 0) is 31.2 Å². The first-order valence-electron chi connectivity index (χ1n) is 8.10. The van der Waals surface area contributed by atoms with Crippen LogP contribution < -0.4 is 5.56 Å². The number of nitrogens with zero attached hydrogens (tertiary/aromatic N) is 2. The van der Waals surface area contributed by atoms with Crippen molar-refractivity contribution < 1.29 is 9.53 Å². The van der Waals surface area contributed by atoms with E-state index in [-0.39, 0.29) is 17.5 Å². The van der Waals surface area contributed by atoms with Gasteiger partial charge in [-0.1, -0.05) is 0 Å². The highest BCUT2D eigenvalue weighted by Crippen LogP contribution is 2.28. The highest BCUT2D eigenvalue weighted by molar-refractivity contribution is 7.20. The fourth-order valence-electron chi connectivity index (χ4n) is 2.92. The largest absolute Gasteiger partial charge is 0.377 e. The molecule has 7 heteroatoms. The van der Waals surface area contributed by atoms with Gasteiger partial charge in [0, 0.05) is 29.8 Å². The summed E-state index contributed by atoms with van der Waals surface area (Å²) in [6.45, 7) is 3.77. The zero-order valence-corrected chi connectivity index (χ0v) is 14.5. The average molecular weight is 355 g/mol. The number of hydrogen-bond donors (Lipinski definition) is 1. The van der Waals surface area contributed by atoms with E-state index < -0.39 is 0 Å². The summed E-state index contributed by atoms with van der Waals surface area (Å²) in [5.41, 5.74) is 1.46. The van der Waals surface area contributed by atoms with Gasteiger partial charge in [-0.2, -0.15) is 0 Å². The number of rotatable bonds is 2. The molecule has 1 fully saturated rings. The maximum Gasteiger partial charge on any atom is 0.264 e. The van der Waals surface area contributed by atoms with Gasteiger partial charge in [-0.25, -0.2) is 4.98 Å². The van der Waals surface area contributed by atoms with Crippen LogP contribution in [0.5, 0.6) is 0 Å². The third kappa shape index (κ3) is 3.08. The molecule has 128 valence electrons. The third-order valence-electron chi connectivity index (χ3n) is 4.30. The molecule has 1 saturated heterocycles. The molecule has 1 amide bonds. The van der Waals surface area contributed by atoms with Crippen LogP contribution in [0.2, 0.25) is 0 Å². The Kier molecular flexibility index (Phi) is 4.10. The van der Waals surface area contributed by atoms with Crippen LogP contribution in [0.3, 0.4) is 0 Å². The Bertz CT molecular complexity index is 974. The van der Waals surface area contributed by atoms with E-state index in [4.69, 9.17) is 4.74 Å². The van der Waals surface area contributed by atoms with Gasteiger partial charge in [0.25, 0.3) is 5.91 Å². The van der Waals surface area contributed by atoms with Crippen molar-refractivity contribution in [2.24, 2.45) is 0 Å². The number of fused-ring (bicyclic) bond motifs is 1. The van der Waals surface area contributed by atoms with Crippen LogP contribution in [0.1, 0.15) is 16.6 Å². The molecule has 0 unspecified atom stereocenters. The zero-order valence-electron chi connectivity index (χ0n) is 13.7. The molecule has 3 aromatic rings. The molecule has 1 atom stereocenters. The topological polar surface area (TPSA) is 75.3 Å². The molecule has 0 aromatic carbocycles. The first kappa shape index (κ1) is 16.0. The lowest BCUT2D eigenvalue weighted by atomic mass is 10.2. The first-order chi connectivity index (χ1) is 12.1. The van der Waals surface area contributed by atoms with Gasteiger partial charge in [-0.15, -0.1) is 11.3 Å². The summed E-state index contributed by atoms with van der Waals surface area (Å²) in [5, 5.41) is 0.947. The SMILES string of the molecule is C[C@@H]1COCCN1C(=O)c1cc2ccc(-c3ccc(=O)[nH]c3)nc2s1. The summed E-state index contributed by atoms with van der Waals surface area (Å²) in [4.78, 5) is 34.6. The van der Waals surface area contributed by atoms with Crippen LogP contribution in [0, 0.1) is 0 Å². The molecular weight excluding hydrogens is 338 g/mol. The van der Waals surface area contributed by atoms with Crippen molar-refractivity contribution in [3.05, 3.63) is 51.8 Å². The lowest BCUT2D eigenvalue weighted by Gasteiger charge is -2.32. The molecule has 1 aliphatic rings. The standard InChI is InChI=1S/C18H17N3O3S/c1-11-10-24-7-6-21(11)18(23)15-8-12-2-4-14(20-17(12)25-15)13-3-5-16(22)19-9-13/h2-5,8-9,11H,6-7,10H2,1H3,(H,19,22)/t11-/m1/s1. The minimum absolute atomic E-state index is 0.0318. The number of morpholine rings is 1. The minimum atomic E-state index is -0.145. The molecule has 0 bridgehead atoms. The van der Waals surface area contributed by atoms with Crippen LogP contribution in [-0.4, -0.2) is 46.6 Å². The van der Waals surface area contributed by atoms with Crippen molar-refractivity contribution >= 4 is 27.5 Å². The molecule has 0 radical (unpaired) electrons. The Balaban J connectivity index is 1.67. The van der Waals surface area contributed by atoms with Crippen molar-refractivity contribution in [3.63, 3.8) is 0 Å². The number of carbonyl (C=O) groups excluding carboxylic acids is 1. The van der Waals surface area contributed by atoms with E-state index in [9.17, 15) is 9.59 Å². The van der Waals surface area contributed by atoms with Gasteiger partial charge in [0.2, 0.25) is 5.56 Å². The Labute approximate surface area is 148 Å². The van der Waals surface area contributed by atoms with E-state index in [1.54, 1.807) is 12.3 Å². The maximum atomic E-state index is 12.8. The van der Waals surface area contributed by atoms with E-state index in [2.05, 4.69) is 9.97 Å². The zero-order chi connectivity index (χ0) is 17.4. The van der Waals surface area contributed by atoms with Gasteiger partial charge < -0.3 is 14.6 Å². The fraction of sp³-hybridized carbons (Fsp3) is 0.278. The Hall–Kier alpha value is -2.51. The summed E-state index contributed by atoms with van der Waals surface area (Å²) in [5.74, 6) is 0.0318. The summed E-state index contributed by atoms with van der Waals surface area (Å²) in [6.07, 6.45) is 1.64. The Morgan fingerprint density at radius 1 is 1.36 bits per heavy atom. The Morgan fingerprint density at radius 3 is 3.00 bits per heavy atom. The van der Waals surface area contributed by atoms with Crippen molar-refractivity contribution in [3.8, 4) is 11.3 Å². The number of amides is 1.